The number of carbonyl (C=O) groups excluding carboxylic acids is 1. The summed E-state index contributed by atoms with van der Waals surface area (Å²) in [5.41, 5.74) is 1.88. The first-order valence-corrected chi connectivity index (χ1v) is 7.44. The molecule has 0 saturated heterocycles. The Bertz CT molecular complexity index is 776. The Balaban J connectivity index is 1.89. The molecule has 0 unspecified atom stereocenters. The Morgan fingerprint density at radius 1 is 1.33 bits per heavy atom. The molecule has 0 saturated carbocycles. The molecule has 0 spiro atoms. The van der Waals surface area contributed by atoms with E-state index in [-0.39, 0.29) is 11.3 Å². The smallest absolute Gasteiger partial charge is 0.263 e. The van der Waals surface area contributed by atoms with Gasteiger partial charge in [-0.3, -0.25) is 4.79 Å². The zero-order valence-electron chi connectivity index (χ0n) is 13.3. The van der Waals surface area contributed by atoms with E-state index in [4.69, 9.17) is 5.26 Å². The number of nitrogens with one attached hydrogen (secondary N) is 2. The molecule has 24 heavy (non-hydrogen) atoms. The van der Waals surface area contributed by atoms with Crippen molar-refractivity contribution in [2.45, 2.75) is 13.3 Å². The number of hydrogen-bond acceptors (Lipinski definition) is 5. The summed E-state index contributed by atoms with van der Waals surface area (Å²) in [4.78, 5) is 16.2. The van der Waals surface area contributed by atoms with E-state index in [1.807, 2.05) is 25.1 Å². The Morgan fingerprint density at radius 2 is 2.08 bits per heavy atom. The number of phenols is 1. The largest absolute Gasteiger partial charge is 0.508 e. The zero-order valence-corrected chi connectivity index (χ0v) is 13.3. The molecule has 0 aliphatic carbocycles. The van der Waals surface area contributed by atoms with Gasteiger partial charge in [0.1, 0.15) is 23.2 Å². The van der Waals surface area contributed by atoms with Crippen molar-refractivity contribution in [2.75, 3.05) is 11.9 Å². The quantitative estimate of drug-likeness (QED) is 0.560. The second-order valence-corrected chi connectivity index (χ2v) is 5.16. The van der Waals surface area contributed by atoms with Crippen LogP contribution < -0.4 is 10.6 Å². The molecule has 0 atom stereocenters. The van der Waals surface area contributed by atoms with Crippen molar-refractivity contribution in [3.8, 4) is 11.8 Å². The van der Waals surface area contributed by atoms with Crippen molar-refractivity contribution in [2.24, 2.45) is 0 Å². The molecule has 3 N–H and O–H groups in total. The van der Waals surface area contributed by atoms with Crippen molar-refractivity contribution in [1.82, 2.24) is 10.3 Å². The number of nitrogens with zero attached hydrogens (tertiary/aromatic N) is 2. The van der Waals surface area contributed by atoms with Crippen molar-refractivity contribution >= 4 is 11.7 Å². The van der Waals surface area contributed by atoms with E-state index in [0.717, 1.165) is 11.1 Å². The molecule has 2 aromatic rings. The standard InChI is InChI=1S/C18H18N4O2/c1-13-3-2-9-20-17(13)22-12-15(11-19)18(24)21-10-8-14-4-6-16(23)7-5-14/h2-7,9,12,23H,8,10H2,1H3,(H,20,22)(H,21,24)/b15-12-. The van der Waals surface area contributed by atoms with Crippen LogP contribution in [0, 0.1) is 18.3 Å². The van der Waals surface area contributed by atoms with Gasteiger partial charge in [-0.05, 0) is 42.7 Å². The lowest BCUT2D eigenvalue weighted by atomic mass is 10.1. The van der Waals surface area contributed by atoms with Crippen LogP contribution in [0.25, 0.3) is 0 Å². The van der Waals surface area contributed by atoms with Crippen LogP contribution in [0.5, 0.6) is 5.75 Å². The molecular formula is C18H18N4O2. The van der Waals surface area contributed by atoms with E-state index < -0.39 is 5.91 Å². The third kappa shape index (κ3) is 4.85. The first-order valence-electron chi connectivity index (χ1n) is 7.44. The molecule has 0 bridgehead atoms. The van der Waals surface area contributed by atoms with Crippen LogP contribution in [0.4, 0.5) is 5.82 Å². The average molecular weight is 322 g/mol. The minimum atomic E-state index is -0.447. The highest BCUT2D eigenvalue weighted by Gasteiger charge is 2.08. The van der Waals surface area contributed by atoms with Crippen LogP contribution in [-0.4, -0.2) is 22.5 Å². The number of rotatable bonds is 6. The summed E-state index contributed by atoms with van der Waals surface area (Å²) >= 11 is 0. The fourth-order valence-corrected chi connectivity index (χ4v) is 2.00. The number of aryl methyl sites for hydroxylation is 1. The van der Waals surface area contributed by atoms with Gasteiger partial charge in [-0.2, -0.15) is 5.26 Å². The number of phenolic OH excluding ortho intramolecular Hbond substituents is 1. The van der Waals surface area contributed by atoms with E-state index in [1.165, 1.54) is 6.20 Å². The van der Waals surface area contributed by atoms with Gasteiger partial charge in [0.2, 0.25) is 0 Å². The summed E-state index contributed by atoms with van der Waals surface area (Å²) in [5, 5.41) is 23.9. The fraction of sp³-hybridized carbons (Fsp3) is 0.167. The van der Waals surface area contributed by atoms with Crippen LogP contribution in [0.1, 0.15) is 11.1 Å². The summed E-state index contributed by atoms with van der Waals surface area (Å²) in [6.45, 7) is 2.28. The normalized spacial score (nSPS) is 10.8. The minimum Gasteiger partial charge on any atom is -0.508 e. The van der Waals surface area contributed by atoms with Gasteiger partial charge in [0.25, 0.3) is 5.91 Å². The lowest BCUT2D eigenvalue weighted by Crippen LogP contribution is -2.27. The number of pyridine rings is 1. The van der Waals surface area contributed by atoms with Gasteiger partial charge in [0.05, 0.1) is 0 Å². The average Bonchev–Trinajstić information content (AvgIpc) is 2.59. The highest BCUT2D eigenvalue weighted by molar-refractivity contribution is 5.97. The maximum atomic E-state index is 12.0. The highest BCUT2D eigenvalue weighted by Crippen LogP contribution is 2.10. The second kappa shape index (κ2) is 8.34. The van der Waals surface area contributed by atoms with E-state index in [1.54, 1.807) is 30.5 Å². The predicted molar refractivity (Wildman–Crippen MR) is 91.1 cm³/mol. The van der Waals surface area contributed by atoms with Crippen molar-refractivity contribution in [3.63, 3.8) is 0 Å². The Labute approximate surface area is 140 Å². The van der Waals surface area contributed by atoms with Crippen LogP contribution in [0.15, 0.2) is 54.4 Å². The lowest BCUT2D eigenvalue weighted by molar-refractivity contribution is -0.117. The van der Waals surface area contributed by atoms with Gasteiger partial charge in [-0.15, -0.1) is 0 Å². The molecule has 6 nitrogen and oxygen atoms in total. The molecule has 0 aliphatic heterocycles. The Morgan fingerprint density at radius 3 is 2.75 bits per heavy atom. The predicted octanol–water partition coefficient (Wildman–Crippen LogP) is 2.27. The molecule has 1 amide bonds. The summed E-state index contributed by atoms with van der Waals surface area (Å²) < 4.78 is 0. The van der Waals surface area contributed by atoms with Gasteiger partial charge in [-0.25, -0.2) is 4.98 Å². The van der Waals surface area contributed by atoms with Crippen molar-refractivity contribution in [3.05, 3.63) is 65.5 Å². The Hall–Kier alpha value is -3.33. The summed E-state index contributed by atoms with van der Waals surface area (Å²) in [7, 11) is 0. The molecule has 0 fully saturated rings. The fourth-order valence-electron chi connectivity index (χ4n) is 2.00. The maximum absolute atomic E-state index is 12.0. The third-order valence-electron chi connectivity index (χ3n) is 3.36. The van der Waals surface area contributed by atoms with Crippen LogP contribution >= 0.6 is 0 Å². The third-order valence-corrected chi connectivity index (χ3v) is 3.36. The number of benzene rings is 1. The molecule has 6 heteroatoms. The monoisotopic (exact) mass is 322 g/mol. The van der Waals surface area contributed by atoms with Crippen molar-refractivity contribution in [1.29, 1.82) is 5.26 Å². The van der Waals surface area contributed by atoms with Crippen LogP contribution in [-0.2, 0) is 11.2 Å². The van der Waals surface area contributed by atoms with Gasteiger partial charge in [-0.1, -0.05) is 18.2 Å². The summed E-state index contributed by atoms with van der Waals surface area (Å²) in [6, 6.07) is 12.3. The van der Waals surface area contributed by atoms with Crippen LogP contribution in [0.2, 0.25) is 0 Å². The summed E-state index contributed by atoms with van der Waals surface area (Å²) in [6.07, 6.45) is 3.59. The van der Waals surface area contributed by atoms with Gasteiger partial charge >= 0.3 is 0 Å². The number of carbonyl (C=O) groups is 1. The summed E-state index contributed by atoms with van der Waals surface area (Å²) in [5.74, 6) is 0.355. The molecule has 2 rings (SSSR count). The zero-order chi connectivity index (χ0) is 17.4. The maximum Gasteiger partial charge on any atom is 0.263 e. The molecule has 1 heterocycles. The number of anilines is 1. The van der Waals surface area contributed by atoms with Crippen molar-refractivity contribution < 1.29 is 9.90 Å². The van der Waals surface area contributed by atoms with E-state index in [0.29, 0.717) is 18.8 Å². The van der Waals surface area contributed by atoms with Gasteiger partial charge < -0.3 is 15.7 Å². The molecule has 1 aromatic heterocycles. The number of aromatic nitrogens is 1. The highest BCUT2D eigenvalue weighted by atomic mass is 16.3. The van der Waals surface area contributed by atoms with Gasteiger partial charge in [0.15, 0.2) is 0 Å². The molecule has 0 radical (unpaired) electrons. The van der Waals surface area contributed by atoms with E-state index in [9.17, 15) is 9.90 Å². The molecule has 1 aromatic carbocycles. The number of amides is 1. The first kappa shape index (κ1) is 17.0. The van der Waals surface area contributed by atoms with Gasteiger partial charge in [0, 0.05) is 18.9 Å². The SMILES string of the molecule is Cc1cccnc1N/C=C(/C#N)C(=O)NCCc1ccc(O)cc1. The number of aromatic hydroxyl groups is 1. The molecular weight excluding hydrogens is 304 g/mol. The van der Waals surface area contributed by atoms with E-state index in [2.05, 4.69) is 15.6 Å². The van der Waals surface area contributed by atoms with E-state index >= 15 is 0 Å². The molecule has 122 valence electrons. The van der Waals surface area contributed by atoms with Crippen LogP contribution in [0.3, 0.4) is 0 Å². The lowest BCUT2D eigenvalue weighted by Gasteiger charge is -2.06. The Kier molecular flexibility index (Phi) is 5.92. The first-order chi connectivity index (χ1) is 11.6. The number of nitriles is 1. The number of hydrogen-bond donors (Lipinski definition) is 3. The molecule has 0 aliphatic rings. The minimum absolute atomic E-state index is 0.0224. The topological polar surface area (TPSA) is 98.0 Å². The second-order valence-electron chi connectivity index (χ2n) is 5.16.